The van der Waals surface area contributed by atoms with E-state index in [4.69, 9.17) is 22.1 Å². The number of ether oxygens (including phenoxy) is 1. The van der Waals surface area contributed by atoms with E-state index in [1.165, 1.54) is 12.1 Å². The van der Waals surface area contributed by atoms with Gasteiger partial charge in [0.15, 0.2) is 20.9 Å². The number of hydrogen-bond acceptors (Lipinski definition) is 9. The van der Waals surface area contributed by atoms with Gasteiger partial charge >= 0.3 is 11.9 Å². The summed E-state index contributed by atoms with van der Waals surface area (Å²) in [7, 11) is -3.56. The number of nitrogens with two attached hydrogens (primary N) is 1. The van der Waals surface area contributed by atoms with Gasteiger partial charge in [0.1, 0.15) is 5.60 Å². The van der Waals surface area contributed by atoms with Crippen LogP contribution in [0.5, 0.6) is 0 Å². The molecule has 0 aliphatic heterocycles. The van der Waals surface area contributed by atoms with E-state index in [1.807, 2.05) is 0 Å². The van der Waals surface area contributed by atoms with Crippen LogP contribution in [0.25, 0.3) is 10.4 Å². The molecule has 4 N–H and O–H groups in total. The molecule has 10 nitrogen and oxygen atoms in total. The van der Waals surface area contributed by atoms with Gasteiger partial charge in [-0.2, -0.15) is 0 Å². The number of sulfone groups is 1. The number of rotatable bonds is 8. The Morgan fingerprint density at radius 1 is 1.29 bits per heavy atom. The van der Waals surface area contributed by atoms with Crippen LogP contribution in [0.2, 0.25) is 5.02 Å². The van der Waals surface area contributed by atoms with Gasteiger partial charge in [0.2, 0.25) is 5.91 Å². The summed E-state index contributed by atoms with van der Waals surface area (Å²) in [6.45, 7) is 6.47. The first-order valence-corrected chi connectivity index (χ1v) is 13.1. The topological polar surface area (TPSA) is 166 Å². The number of aliphatic carboxylic acids is 1. The minimum Gasteiger partial charge on any atom is -0.481 e. The zero-order valence-electron chi connectivity index (χ0n) is 19.2. The maximum absolute atomic E-state index is 12.6. The predicted octanol–water partition coefficient (Wildman–Crippen LogP) is 2.87. The third-order valence-electron chi connectivity index (χ3n) is 4.44. The summed E-state index contributed by atoms with van der Waals surface area (Å²) < 4.78 is 29.0. The van der Waals surface area contributed by atoms with E-state index >= 15 is 0 Å². The normalized spacial score (nSPS) is 13.7. The third-order valence-corrected chi connectivity index (χ3v) is 7.14. The molecule has 0 saturated carbocycles. The van der Waals surface area contributed by atoms with Crippen LogP contribution in [0.3, 0.4) is 0 Å². The second-order valence-corrected chi connectivity index (χ2v) is 12.0. The van der Waals surface area contributed by atoms with Crippen molar-refractivity contribution in [1.82, 2.24) is 4.98 Å². The minimum absolute atomic E-state index is 0.0334. The Labute approximate surface area is 206 Å². The number of benzene rings is 1. The van der Waals surface area contributed by atoms with E-state index in [2.05, 4.69) is 10.3 Å². The predicted molar refractivity (Wildman–Crippen MR) is 129 cm³/mol. The monoisotopic (exact) mass is 531 g/mol. The summed E-state index contributed by atoms with van der Waals surface area (Å²) in [6.07, 6.45) is 0.578. The maximum atomic E-state index is 12.6. The number of nitrogens with one attached hydrogen (secondary N) is 1. The van der Waals surface area contributed by atoms with Gasteiger partial charge in [-0.15, -0.1) is 0 Å². The van der Waals surface area contributed by atoms with Crippen molar-refractivity contribution in [2.45, 2.75) is 50.7 Å². The van der Waals surface area contributed by atoms with E-state index in [0.717, 1.165) is 17.6 Å². The Balaban J connectivity index is 2.19. The van der Waals surface area contributed by atoms with Crippen LogP contribution >= 0.6 is 22.9 Å². The molecule has 0 saturated heterocycles. The lowest BCUT2D eigenvalue weighted by Gasteiger charge is -2.23. The number of carbonyl (C=O) groups is 3. The van der Waals surface area contributed by atoms with E-state index in [-0.39, 0.29) is 15.0 Å². The first-order chi connectivity index (χ1) is 15.5. The molecule has 13 heteroatoms. The third kappa shape index (κ3) is 7.23. The Morgan fingerprint density at radius 3 is 2.44 bits per heavy atom. The molecule has 1 aromatic carbocycles. The van der Waals surface area contributed by atoms with Crippen molar-refractivity contribution < 1.29 is 32.6 Å². The molecule has 1 amide bonds. The summed E-state index contributed by atoms with van der Waals surface area (Å²) >= 11 is 7.08. The van der Waals surface area contributed by atoms with Crippen LogP contribution in [0, 0.1) is 12.8 Å². The van der Waals surface area contributed by atoms with E-state index < -0.39 is 51.7 Å². The largest absolute Gasteiger partial charge is 0.481 e. The molecule has 1 heterocycles. The minimum atomic E-state index is -3.56. The Morgan fingerprint density at radius 2 is 1.91 bits per heavy atom. The average Bonchev–Trinajstić information content (AvgIpc) is 3.03. The summed E-state index contributed by atoms with van der Waals surface area (Å²) in [5.74, 6) is -4.78. The molecule has 0 fully saturated rings. The summed E-state index contributed by atoms with van der Waals surface area (Å²) in [4.78, 5) is 41.1. The number of hydrogen-bond donors (Lipinski definition) is 3. The highest BCUT2D eigenvalue weighted by molar-refractivity contribution is 7.90. The number of anilines is 1. The molecule has 2 unspecified atom stereocenters. The maximum Gasteiger partial charge on any atom is 0.320 e. The number of carboxylic acid groups (broad SMARTS) is 1. The number of thiazole rings is 1. The number of halogens is 1. The molecule has 34 heavy (non-hydrogen) atoms. The van der Waals surface area contributed by atoms with Crippen molar-refractivity contribution in [2.75, 3.05) is 11.6 Å². The standard InChI is InChI=1S/C21H26ClN3O7S2/c1-10-16(11-6-7-13(22)15(8-11)34(5,30)31)33-20(24-10)25-17(26)14(23)9-12(18(27)28)19(29)32-21(2,3)4/h6-8,12,14H,9,23H2,1-5H3,(H,27,28)(H,24,25,26). The fraction of sp³-hybridized carbons (Fsp3) is 0.429. The zero-order chi connectivity index (χ0) is 26.0. The van der Waals surface area contributed by atoms with Gasteiger partial charge in [0.25, 0.3) is 0 Å². The van der Waals surface area contributed by atoms with Gasteiger partial charge in [0.05, 0.1) is 26.5 Å². The van der Waals surface area contributed by atoms with Crippen LogP contribution < -0.4 is 11.1 Å². The van der Waals surface area contributed by atoms with Gasteiger partial charge < -0.3 is 20.9 Å². The number of nitrogens with zero attached hydrogens (tertiary/aromatic N) is 1. The highest BCUT2D eigenvalue weighted by atomic mass is 35.5. The van der Waals surface area contributed by atoms with Crippen LogP contribution in [0.1, 0.15) is 32.9 Å². The highest BCUT2D eigenvalue weighted by Gasteiger charge is 2.34. The molecular formula is C21H26ClN3O7S2. The molecule has 0 spiro atoms. The van der Waals surface area contributed by atoms with Gasteiger partial charge in [0, 0.05) is 6.26 Å². The Hall–Kier alpha value is -2.54. The second kappa shape index (κ2) is 10.4. The van der Waals surface area contributed by atoms with Crippen molar-refractivity contribution in [3.63, 3.8) is 0 Å². The highest BCUT2D eigenvalue weighted by Crippen LogP contribution is 2.35. The molecule has 2 aromatic rings. The molecule has 0 bridgehead atoms. The summed E-state index contributed by atoms with van der Waals surface area (Å²) in [5.41, 5.74) is 6.02. The fourth-order valence-corrected chi connectivity index (χ4v) is 5.14. The second-order valence-electron chi connectivity index (χ2n) is 8.61. The number of carboxylic acids is 1. The average molecular weight is 532 g/mol. The molecule has 0 aliphatic rings. The first-order valence-electron chi connectivity index (χ1n) is 9.99. The molecule has 2 atom stereocenters. The number of carbonyl (C=O) groups excluding carboxylic acids is 2. The Kier molecular flexibility index (Phi) is 8.46. The van der Waals surface area contributed by atoms with Crippen molar-refractivity contribution in [2.24, 2.45) is 11.7 Å². The molecule has 0 radical (unpaired) electrons. The van der Waals surface area contributed by atoms with Crippen LogP contribution in [-0.4, -0.2) is 54.3 Å². The smallest absolute Gasteiger partial charge is 0.320 e. The van der Waals surface area contributed by atoms with E-state index in [1.54, 1.807) is 33.8 Å². The molecule has 1 aromatic heterocycles. The molecular weight excluding hydrogens is 506 g/mol. The molecule has 186 valence electrons. The lowest BCUT2D eigenvalue weighted by Crippen LogP contribution is -2.42. The van der Waals surface area contributed by atoms with E-state index in [9.17, 15) is 27.9 Å². The molecule has 0 aliphatic carbocycles. The van der Waals surface area contributed by atoms with Crippen LogP contribution in [0.15, 0.2) is 23.1 Å². The van der Waals surface area contributed by atoms with Crippen molar-refractivity contribution >= 4 is 55.8 Å². The van der Waals surface area contributed by atoms with Crippen molar-refractivity contribution in [3.05, 3.63) is 28.9 Å². The van der Waals surface area contributed by atoms with Crippen molar-refractivity contribution in [3.8, 4) is 10.4 Å². The lowest BCUT2D eigenvalue weighted by atomic mass is 9.99. The lowest BCUT2D eigenvalue weighted by molar-refractivity contribution is -0.167. The number of aryl methyl sites for hydroxylation is 1. The summed E-state index contributed by atoms with van der Waals surface area (Å²) in [6, 6.07) is 3.19. The van der Waals surface area contributed by atoms with Gasteiger partial charge in [-0.3, -0.25) is 14.4 Å². The number of amides is 1. The van der Waals surface area contributed by atoms with Crippen molar-refractivity contribution in [1.29, 1.82) is 0 Å². The SMILES string of the molecule is Cc1nc(NC(=O)C(N)CC(C(=O)O)C(=O)OC(C)(C)C)sc1-c1ccc(Cl)c(S(C)(=O)=O)c1. The van der Waals surface area contributed by atoms with Gasteiger partial charge in [-0.1, -0.05) is 29.0 Å². The zero-order valence-corrected chi connectivity index (χ0v) is 21.6. The fourth-order valence-electron chi connectivity index (χ4n) is 2.88. The van der Waals surface area contributed by atoms with Crippen LogP contribution in [0.4, 0.5) is 5.13 Å². The first kappa shape index (κ1) is 27.7. The molecule has 2 rings (SSSR count). The van der Waals surface area contributed by atoms with E-state index in [0.29, 0.717) is 16.1 Å². The van der Waals surface area contributed by atoms with Crippen LogP contribution in [-0.2, 0) is 29.0 Å². The quantitative estimate of drug-likeness (QED) is 0.343. The summed E-state index contributed by atoms with van der Waals surface area (Å²) in [5, 5.41) is 12.2. The number of esters is 1. The van der Waals surface area contributed by atoms with Gasteiger partial charge in [-0.05, 0) is 51.8 Å². The number of aromatic nitrogens is 1. The Bertz CT molecular complexity index is 1220. The van der Waals surface area contributed by atoms with Gasteiger partial charge in [-0.25, -0.2) is 13.4 Å².